The van der Waals surface area contributed by atoms with Crippen LogP contribution in [0.15, 0.2) is 79.5 Å². The van der Waals surface area contributed by atoms with E-state index in [2.05, 4.69) is 36.7 Å². The van der Waals surface area contributed by atoms with Gasteiger partial charge in [0.15, 0.2) is 0 Å². The van der Waals surface area contributed by atoms with Crippen LogP contribution in [-0.4, -0.2) is 66.5 Å². The van der Waals surface area contributed by atoms with Crippen LogP contribution < -0.4 is 0 Å². The van der Waals surface area contributed by atoms with Gasteiger partial charge in [0.05, 0.1) is 17.1 Å². The Morgan fingerprint density at radius 2 is 1.70 bits per heavy atom. The summed E-state index contributed by atoms with van der Waals surface area (Å²) in [7, 11) is 0. The third-order valence-electron chi connectivity index (χ3n) is 8.50. The number of aromatic nitrogens is 4. The normalized spacial score (nSPS) is 16.9. The van der Waals surface area contributed by atoms with Crippen LogP contribution in [-0.2, 0) is 25.2 Å². The lowest BCUT2D eigenvalue weighted by Gasteiger charge is -2.45. The van der Waals surface area contributed by atoms with E-state index in [-0.39, 0.29) is 17.9 Å². The predicted molar refractivity (Wildman–Crippen MR) is 159 cm³/mol. The molecule has 1 N–H and O–H groups in total. The highest BCUT2D eigenvalue weighted by Gasteiger charge is 2.42. The average molecular weight is 609 g/mol. The second-order valence-corrected chi connectivity index (χ2v) is 11.6. The van der Waals surface area contributed by atoms with E-state index >= 15 is 4.39 Å². The summed E-state index contributed by atoms with van der Waals surface area (Å²) in [4.78, 5) is 8.43. The van der Waals surface area contributed by atoms with Crippen LogP contribution in [0.5, 0.6) is 0 Å². The highest BCUT2D eigenvalue weighted by Crippen LogP contribution is 2.34. The third-order valence-corrected chi connectivity index (χ3v) is 8.81. The number of halogens is 4. The first-order valence-electron chi connectivity index (χ1n) is 14.2. The van der Waals surface area contributed by atoms with Gasteiger partial charge in [-0.25, -0.2) is 22.8 Å². The fourth-order valence-corrected chi connectivity index (χ4v) is 6.40. The first-order valence-corrected chi connectivity index (χ1v) is 14.6. The maximum atomic E-state index is 15.0. The van der Waals surface area contributed by atoms with E-state index in [1.54, 1.807) is 12.1 Å². The first-order chi connectivity index (χ1) is 20.7. The third kappa shape index (κ3) is 6.05. The minimum Gasteiger partial charge on any atom is -0.381 e. The summed E-state index contributed by atoms with van der Waals surface area (Å²) in [5.74, 6) is -1.78. The SMILES string of the molecule is C[C@@H](N1CCN(Cc2cn(Cc3ccc(F)cc3)c3c(Cl)cccc23)CC1)[C@](O)(Cn1cncn1)c1ccc(F)cc1F. The fourth-order valence-electron chi connectivity index (χ4n) is 6.12. The summed E-state index contributed by atoms with van der Waals surface area (Å²) in [6, 6.07) is 15.1. The van der Waals surface area contributed by atoms with Crippen molar-refractivity contribution in [3.8, 4) is 0 Å². The molecular formula is C32H32ClF3N6O. The summed E-state index contributed by atoms with van der Waals surface area (Å²) >= 11 is 6.65. The van der Waals surface area contributed by atoms with Gasteiger partial charge in [-0.2, -0.15) is 5.10 Å². The number of rotatable bonds is 9. The molecule has 43 heavy (non-hydrogen) atoms. The van der Waals surface area contributed by atoms with Crippen molar-refractivity contribution >= 4 is 22.5 Å². The van der Waals surface area contributed by atoms with Crippen LogP contribution >= 0.6 is 11.6 Å². The molecule has 224 valence electrons. The van der Waals surface area contributed by atoms with Crippen molar-refractivity contribution < 1.29 is 18.3 Å². The van der Waals surface area contributed by atoms with E-state index in [1.165, 1.54) is 35.5 Å². The highest BCUT2D eigenvalue weighted by molar-refractivity contribution is 6.35. The van der Waals surface area contributed by atoms with Crippen molar-refractivity contribution in [2.75, 3.05) is 26.2 Å². The van der Waals surface area contributed by atoms with Gasteiger partial charge in [0.25, 0.3) is 0 Å². The van der Waals surface area contributed by atoms with E-state index in [0.29, 0.717) is 31.2 Å². The molecule has 0 amide bonds. The molecule has 2 atom stereocenters. The van der Waals surface area contributed by atoms with E-state index in [1.807, 2.05) is 19.1 Å². The Hall–Kier alpha value is -3.70. The molecule has 5 aromatic rings. The standard InChI is InChI=1S/C32H32ClF3N6O/c1-22(32(43,19-42-21-37-20-38-42)28-10-9-26(35)15-30(28)36)40-13-11-39(12-14-40)17-24-18-41(16-23-5-7-25(34)8-6-23)31-27(24)3-2-4-29(31)33/h2-10,15,18,20-22,43H,11-14,16-17,19H2,1H3/t22-,32-/m1/s1. The van der Waals surface area contributed by atoms with Crippen LogP contribution in [0.25, 0.3) is 10.9 Å². The quantitative estimate of drug-likeness (QED) is 0.241. The van der Waals surface area contributed by atoms with Gasteiger partial charge in [0.1, 0.15) is 35.7 Å². The lowest BCUT2D eigenvalue weighted by molar-refractivity contribution is -0.0743. The topological polar surface area (TPSA) is 62.4 Å². The molecule has 3 aromatic carbocycles. The predicted octanol–water partition coefficient (Wildman–Crippen LogP) is 5.45. The van der Waals surface area contributed by atoms with Gasteiger partial charge in [-0.05, 0) is 42.3 Å². The molecular weight excluding hydrogens is 577 g/mol. The number of hydrogen-bond acceptors (Lipinski definition) is 5. The second-order valence-electron chi connectivity index (χ2n) is 11.2. The highest BCUT2D eigenvalue weighted by atomic mass is 35.5. The zero-order valence-corrected chi connectivity index (χ0v) is 24.4. The Morgan fingerprint density at radius 1 is 0.953 bits per heavy atom. The van der Waals surface area contributed by atoms with E-state index in [0.717, 1.165) is 47.3 Å². The lowest BCUT2D eigenvalue weighted by Crippen LogP contribution is -2.57. The Kier molecular flexibility index (Phi) is 8.28. The van der Waals surface area contributed by atoms with Crippen molar-refractivity contribution in [3.63, 3.8) is 0 Å². The summed E-state index contributed by atoms with van der Waals surface area (Å²) in [6.07, 6.45) is 4.94. The largest absolute Gasteiger partial charge is 0.381 e. The molecule has 1 aliphatic heterocycles. The smallest absolute Gasteiger partial charge is 0.137 e. The number of aliphatic hydroxyl groups is 1. The van der Waals surface area contributed by atoms with Crippen molar-refractivity contribution in [1.29, 1.82) is 0 Å². The molecule has 1 aliphatic rings. The van der Waals surface area contributed by atoms with Gasteiger partial charge < -0.3 is 9.67 Å². The Balaban J connectivity index is 1.19. The van der Waals surface area contributed by atoms with E-state index in [4.69, 9.17) is 11.6 Å². The van der Waals surface area contributed by atoms with E-state index < -0.39 is 23.3 Å². The molecule has 0 unspecified atom stereocenters. The summed E-state index contributed by atoms with van der Waals surface area (Å²) in [5, 5.41) is 17.8. The second kappa shape index (κ2) is 12.1. The molecule has 0 spiro atoms. The molecule has 0 saturated carbocycles. The van der Waals surface area contributed by atoms with Crippen LogP contribution in [0, 0.1) is 17.5 Å². The van der Waals surface area contributed by atoms with Crippen LogP contribution in [0.2, 0.25) is 5.02 Å². The number of hydrogen-bond donors (Lipinski definition) is 1. The maximum Gasteiger partial charge on any atom is 0.137 e. The molecule has 7 nitrogen and oxygen atoms in total. The Bertz CT molecular complexity index is 1700. The zero-order chi connectivity index (χ0) is 30.1. The Labute approximate surface area is 252 Å². The van der Waals surface area contributed by atoms with Gasteiger partial charge in [-0.1, -0.05) is 41.9 Å². The summed E-state index contributed by atoms with van der Waals surface area (Å²) < 4.78 is 45.8. The van der Waals surface area contributed by atoms with Gasteiger partial charge in [-0.3, -0.25) is 9.80 Å². The number of nitrogens with zero attached hydrogens (tertiary/aromatic N) is 6. The van der Waals surface area contributed by atoms with E-state index in [9.17, 15) is 13.9 Å². The molecule has 0 aliphatic carbocycles. The number of fused-ring (bicyclic) bond motifs is 1. The number of piperazine rings is 1. The Morgan fingerprint density at radius 3 is 2.40 bits per heavy atom. The monoisotopic (exact) mass is 608 g/mol. The molecule has 3 heterocycles. The number of benzene rings is 3. The molecule has 1 fully saturated rings. The van der Waals surface area contributed by atoms with Crippen molar-refractivity contribution in [1.82, 2.24) is 29.1 Å². The van der Waals surface area contributed by atoms with Gasteiger partial charge in [-0.15, -0.1) is 0 Å². The zero-order valence-electron chi connectivity index (χ0n) is 23.7. The molecule has 11 heteroatoms. The summed E-state index contributed by atoms with van der Waals surface area (Å²) in [6.45, 7) is 5.81. The van der Waals surface area contributed by atoms with Gasteiger partial charge in [0.2, 0.25) is 0 Å². The van der Waals surface area contributed by atoms with Crippen molar-refractivity contribution in [3.05, 3.63) is 119 Å². The minimum atomic E-state index is -1.68. The average Bonchev–Trinajstić information content (AvgIpc) is 3.62. The van der Waals surface area contributed by atoms with Crippen LogP contribution in [0.4, 0.5) is 13.2 Å². The molecule has 0 bridgehead atoms. The molecule has 6 rings (SSSR count). The lowest BCUT2D eigenvalue weighted by atomic mass is 9.85. The van der Waals surface area contributed by atoms with Crippen LogP contribution in [0.3, 0.4) is 0 Å². The van der Waals surface area contributed by atoms with Gasteiger partial charge in [0, 0.05) is 68.5 Å². The molecule has 0 radical (unpaired) electrons. The summed E-state index contributed by atoms with van der Waals surface area (Å²) in [5.41, 5.74) is 1.39. The molecule has 1 saturated heterocycles. The minimum absolute atomic E-state index is 0.0187. The van der Waals surface area contributed by atoms with Crippen molar-refractivity contribution in [2.45, 2.75) is 38.2 Å². The van der Waals surface area contributed by atoms with Crippen molar-refractivity contribution in [2.24, 2.45) is 0 Å². The maximum absolute atomic E-state index is 15.0. The fraction of sp³-hybridized carbons (Fsp3) is 0.312. The van der Waals surface area contributed by atoms with Crippen LogP contribution in [0.1, 0.15) is 23.6 Å². The first kappa shape index (κ1) is 29.4. The van der Waals surface area contributed by atoms with Gasteiger partial charge >= 0.3 is 0 Å². The molecule has 2 aromatic heterocycles. The number of para-hydroxylation sites is 1.